The van der Waals surface area contributed by atoms with Crippen LogP contribution in [0.3, 0.4) is 0 Å². The number of nitrogens with two attached hydrogens (primary N) is 1. The summed E-state index contributed by atoms with van der Waals surface area (Å²) >= 11 is 0. The van der Waals surface area contributed by atoms with E-state index in [4.69, 9.17) is 10.6 Å². The summed E-state index contributed by atoms with van der Waals surface area (Å²) in [4.78, 5) is 23.5. The zero-order valence-corrected chi connectivity index (χ0v) is 13.1. The maximum atomic E-state index is 12.0. The topological polar surface area (TPSA) is 72.6 Å². The maximum absolute atomic E-state index is 12.0. The number of nitrogens with zero attached hydrogens (tertiary/aromatic N) is 1. The fraction of sp³-hybridized carbons (Fsp3) is 0.867. The molecule has 2 N–H and O–H groups in total. The van der Waals surface area contributed by atoms with Crippen LogP contribution in [0, 0.1) is 5.92 Å². The fourth-order valence-electron chi connectivity index (χ4n) is 2.70. The Hall–Kier alpha value is -1.10. The van der Waals surface area contributed by atoms with Crippen LogP contribution in [0.2, 0.25) is 0 Å². The van der Waals surface area contributed by atoms with Crippen LogP contribution < -0.4 is 5.84 Å². The van der Waals surface area contributed by atoms with Gasteiger partial charge in [0.25, 0.3) is 0 Å². The Morgan fingerprint density at radius 2 is 1.80 bits per heavy atom. The quantitative estimate of drug-likeness (QED) is 0.373. The number of ether oxygens (including phenoxy) is 1. The number of carbonyl (C=O) groups is 2. The molecule has 1 amide bonds. The molecule has 0 radical (unpaired) electrons. The zero-order chi connectivity index (χ0) is 15.4. The van der Waals surface area contributed by atoms with E-state index >= 15 is 0 Å². The Morgan fingerprint density at radius 3 is 2.25 bits per heavy atom. The third-order valence-corrected chi connectivity index (χ3v) is 3.82. The van der Waals surface area contributed by atoms with Gasteiger partial charge in [0, 0.05) is 0 Å². The lowest BCUT2D eigenvalue weighted by Crippen LogP contribution is -2.57. The molecule has 0 bridgehead atoms. The number of hydrazine groups is 1. The second-order valence-corrected chi connectivity index (χ2v) is 7.03. The van der Waals surface area contributed by atoms with Crippen LogP contribution in [-0.2, 0) is 9.53 Å². The first-order valence-electron chi connectivity index (χ1n) is 7.42. The average Bonchev–Trinajstić information content (AvgIpc) is 2.36. The lowest BCUT2D eigenvalue weighted by atomic mass is 9.80. The van der Waals surface area contributed by atoms with Crippen LogP contribution in [0.1, 0.15) is 66.2 Å². The lowest BCUT2D eigenvalue weighted by molar-refractivity contribution is -0.119. The molecule has 1 atom stereocenters. The zero-order valence-electron chi connectivity index (χ0n) is 13.1. The molecule has 0 aromatic rings. The molecule has 5 nitrogen and oxygen atoms in total. The van der Waals surface area contributed by atoms with Crippen LogP contribution >= 0.6 is 0 Å². The SMILES string of the molecule is CC(C)(C)OC(=O)N(N)C(C)(C=O)CC1CCCCC1. The molecule has 1 aliphatic rings. The molecule has 0 heterocycles. The van der Waals surface area contributed by atoms with E-state index in [9.17, 15) is 9.59 Å². The molecule has 0 aromatic heterocycles. The number of hydrogen-bond donors (Lipinski definition) is 1. The third-order valence-electron chi connectivity index (χ3n) is 3.82. The molecule has 1 saturated carbocycles. The first-order valence-corrected chi connectivity index (χ1v) is 7.42. The molecule has 1 rings (SSSR count). The molecule has 1 unspecified atom stereocenters. The number of amides is 1. The second-order valence-electron chi connectivity index (χ2n) is 7.03. The van der Waals surface area contributed by atoms with Gasteiger partial charge in [0.2, 0.25) is 0 Å². The number of hydrogen-bond acceptors (Lipinski definition) is 4. The van der Waals surface area contributed by atoms with Gasteiger partial charge in [0.1, 0.15) is 17.4 Å². The van der Waals surface area contributed by atoms with E-state index in [1.54, 1.807) is 27.7 Å². The summed E-state index contributed by atoms with van der Waals surface area (Å²) in [7, 11) is 0. The monoisotopic (exact) mass is 284 g/mol. The molecule has 5 heteroatoms. The highest BCUT2D eigenvalue weighted by Gasteiger charge is 2.38. The molecule has 116 valence electrons. The summed E-state index contributed by atoms with van der Waals surface area (Å²) in [6.45, 7) is 7.03. The van der Waals surface area contributed by atoms with E-state index in [0.717, 1.165) is 24.1 Å². The van der Waals surface area contributed by atoms with Crippen LogP contribution in [0.5, 0.6) is 0 Å². The summed E-state index contributed by atoms with van der Waals surface area (Å²) in [5.41, 5.74) is -1.62. The maximum Gasteiger partial charge on any atom is 0.425 e. The smallest absolute Gasteiger partial charge is 0.425 e. The van der Waals surface area contributed by atoms with Crippen molar-refractivity contribution in [3.05, 3.63) is 0 Å². The molecule has 1 fully saturated rings. The van der Waals surface area contributed by atoms with Gasteiger partial charge in [-0.3, -0.25) is 0 Å². The fourth-order valence-corrected chi connectivity index (χ4v) is 2.70. The minimum Gasteiger partial charge on any atom is -0.443 e. The predicted octanol–water partition coefficient (Wildman–Crippen LogP) is 3.03. The third kappa shape index (κ3) is 4.78. The number of carbonyl (C=O) groups excluding carboxylic acids is 2. The summed E-state index contributed by atoms with van der Waals surface area (Å²) < 4.78 is 5.24. The molecule has 20 heavy (non-hydrogen) atoms. The highest BCUT2D eigenvalue weighted by molar-refractivity contribution is 5.75. The van der Waals surface area contributed by atoms with Gasteiger partial charge >= 0.3 is 6.09 Å². The van der Waals surface area contributed by atoms with E-state index in [1.807, 2.05) is 0 Å². The number of aldehydes is 1. The van der Waals surface area contributed by atoms with Crippen molar-refractivity contribution in [2.75, 3.05) is 0 Å². The summed E-state index contributed by atoms with van der Waals surface area (Å²) in [6.07, 6.45) is 6.57. The first kappa shape index (κ1) is 17.0. The van der Waals surface area contributed by atoms with Crippen LogP contribution in [0.25, 0.3) is 0 Å². The van der Waals surface area contributed by atoms with Crippen LogP contribution in [0.15, 0.2) is 0 Å². The van der Waals surface area contributed by atoms with Crippen molar-refractivity contribution >= 4 is 12.4 Å². The van der Waals surface area contributed by atoms with Crippen molar-refractivity contribution < 1.29 is 14.3 Å². The van der Waals surface area contributed by atoms with Crippen molar-refractivity contribution in [1.29, 1.82) is 0 Å². The summed E-state index contributed by atoms with van der Waals surface area (Å²) in [5, 5.41) is 0.958. The largest absolute Gasteiger partial charge is 0.443 e. The van der Waals surface area contributed by atoms with Gasteiger partial charge in [-0.1, -0.05) is 32.1 Å². The Bertz CT molecular complexity index is 346. The van der Waals surface area contributed by atoms with E-state index in [0.29, 0.717) is 12.3 Å². The van der Waals surface area contributed by atoms with Crippen LogP contribution in [-0.4, -0.2) is 28.5 Å². The molecule has 0 aromatic carbocycles. The minimum atomic E-state index is -0.996. The highest BCUT2D eigenvalue weighted by atomic mass is 16.6. The Morgan fingerprint density at radius 1 is 1.25 bits per heavy atom. The summed E-state index contributed by atoms with van der Waals surface area (Å²) in [5.74, 6) is 6.31. The van der Waals surface area contributed by atoms with Crippen molar-refractivity contribution in [2.45, 2.75) is 77.4 Å². The Balaban J connectivity index is 2.70. The standard InChI is InChI=1S/C15H28N2O3/c1-14(2,3)20-13(19)17(16)15(4,11-18)10-12-8-6-5-7-9-12/h11-12H,5-10,16H2,1-4H3. The van der Waals surface area contributed by atoms with E-state index in [-0.39, 0.29) is 0 Å². The average molecular weight is 284 g/mol. The highest BCUT2D eigenvalue weighted by Crippen LogP contribution is 2.32. The van der Waals surface area contributed by atoms with E-state index < -0.39 is 17.2 Å². The van der Waals surface area contributed by atoms with E-state index in [1.165, 1.54) is 19.3 Å². The van der Waals surface area contributed by atoms with Crippen LogP contribution in [0.4, 0.5) is 4.79 Å². The van der Waals surface area contributed by atoms with Gasteiger partial charge in [-0.15, -0.1) is 0 Å². The van der Waals surface area contributed by atoms with Gasteiger partial charge in [0.15, 0.2) is 0 Å². The van der Waals surface area contributed by atoms with Gasteiger partial charge in [0.05, 0.1) is 0 Å². The lowest BCUT2D eigenvalue weighted by Gasteiger charge is -2.37. The van der Waals surface area contributed by atoms with Gasteiger partial charge < -0.3 is 9.53 Å². The minimum absolute atomic E-state index is 0.451. The van der Waals surface area contributed by atoms with Crippen molar-refractivity contribution in [2.24, 2.45) is 11.8 Å². The normalized spacial score (nSPS) is 20.1. The Kier molecular flexibility index (Phi) is 5.57. The molecular formula is C15H28N2O3. The van der Waals surface area contributed by atoms with Gasteiger partial charge in [-0.05, 0) is 40.0 Å². The van der Waals surface area contributed by atoms with Gasteiger partial charge in [-0.2, -0.15) is 0 Å². The molecule has 0 aliphatic heterocycles. The first-order chi connectivity index (χ1) is 9.18. The van der Waals surface area contributed by atoms with E-state index in [2.05, 4.69) is 0 Å². The van der Waals surface area contributed by atoms with Crippen molar-refractivity contribution in [1.82, 2.24) is 5.01 Å². The predicted molar refractivity (Wildman–Crippen MR) is 77.9 cm³/mol. The molecule has 1 aliphatic carbocycles. The summed E-state index contributed by atoms with van der Waals surface area (Å²) in [6, 6.07) is 0. The van der Waals surface area contributed by atoms with Gasteiger partial charge in [-0.25, -0.2) is 15.6 Å². The second kappa shape index (κ2) is 6.57. The number of rotatable bonds is 4. The Labute approximate surface area is 121 Å². The van der Waals surface area contributed by atoms with Crippen molar-refractivity contribution in [3.63, 3.8) is 0 Å². The molecule has 0 spiro atoms. The molecule has 0 saturated heterocycles. The molecular weight excluding hydrogens is 256 g/mol. The van der Waals surface area contributed by atoms with Crippen molar-refractivity contribution in [3.8, 4) is 0 Å².